The van der Waals surface area contributed by atoms with E-state index in [0.717, 1.165) is 18.7 Å². The average Bonchev–Trinajstić information content (AvgIpc) is 2.38. The van der Waals surface area contributed by atoms with Crippen LogP contribution in [0.25, 0.3) is 11.3 Å². The van der Waals surface area contributed by atoms with E-state index in [2.05, 4.69) is 15.3 Å². The fourth-order valence-electron chi connectivity index (χ4n) is 1.56. The molecule has 0 aliphatic heterocycles. The van der Waals surface area contributed by atoms with E-state index in [-0.39, 0.29) is 22.2 Å². The lowest BCUT2D eigenvalue weighted by Crippen LogP contribution is -2.06. The Labute approximate surface area is 114 Å². The molecule has 6 heteroatoms. The van der Waals surface area contributed by atoms with Gasteiger partial charge in [0.15, 0.2) is 5.82 Å². The number of rotatable bonds is 4. The highest BCUT2D eigenvalue weighted by molar-refractivity contribution is 6.30. The molecule has 3 nitrogen and oxygen atoms in total. The molecule has 0 radical (unpaired) electrons. The molecule has 0 atom stereocenters. The molecule has 19 heavy (non-hydrogen) atoms. The maximum atomic E-state index is 13.8. The molecular weight excluding hydrogens is 272 g/mol. The van der Waals surface area contributed by atoms with Gasteiger partial charge in [0.2, 0.25) is 5.95 Å². The van der Waals surface area contributed by atoms with Gasteiger partial charge in [-0.2, -0.15) is 0 Å². The van der Waals surface area contributed by atoms with Crippen molar-refractivity contribution in [2.45, 2.75) is 13.3 Å². The molecule has 1 heterocycles. The van der Waals surface area contributed by atoms with Gasteiger partial charge in [0, 0.05) is 17.1 Å². The van der Waals surface area contributed by atoms with Crippen molar-refractivity contribution in [2.75, 3.05) is 11.9 Å². The minimum absolute atomic E-state index is 0.0591. The molecule has 2 aromatic rings. The van der Waals surface area contributed by atoms with Gasteiger partial charge in [0.05, 0.1) is 6.20 Å². The Morgan fingerprint density at radius 1 is 1.26 bits per heavy atom. The molecule has 0 saturated heterocycles. The highest BCUT2D eigenvalue weighted by Gasteiger charge is 2.13. The van der Waals surface area contributed by atoms with E-state index in [0.29, 0.717) is 6.54 Å². The number of aromatic nitrogens is 2. The molecule has 1 aromatic carbocycles. The molecule has 0 fully saturated rings. The first-order chi connectivity index (χ1) is 9.11. The summed E-state index contributed by atoms with van der Waals surface area (Å²) in [5, 5.41) is 3.18. The van der Waals surface area contributed by atoms with Crippen molar-refractivity contribution in [3.63, 3.8) is 0 Å². The normalized spacial score (nSPS) is 10.5. The SMILES string of the molecule is CCCNc1ncc(F)c(-c2ccc(Cl)cc2F)n1. The van der Waals surface area contributed by atoms with Crippen LogP contribution in [0, 0.1) is 11.6 Å². The second-order valence-electron chi connectivity index (χ2n) is 3.94. The lowest BCUT2D eigenvalue weighted by molar-refractivity contribution is 0.607. The first kappa shape index (κ1) is 13.7. The highest BCUT2D eigenvalue weighted by Crippen LogP contribution is 2.26. The zero-order valence-electron chi connectivity index (χ0n) is 10.3. The molecule has 1 N–H and O–H groups in total. The maximum absolute atomic E-state index is 13.8. The summed E-state index contributed by atoms with van der Waals surface area (Å²) < 4.78 is 27.5. The van der Waals surface area contributed by atoms with Crippen molar-refractivity contribution in [3.05, 3.63) is 41.1 Å². The third-order valence-electron chi connectivity index (χ3n) is 2.46. The van der Waals surface area contributed by atoms with Crippen LogP contribution in [0.1, 0.15) is 13.3 Å². The quantitative estimate of drug-likeness (QED) is 0.925. The van der Waals surface area contributed by atoms with E-state index in [1.807, 2.05) is 6.92 Å². The van der Waals surface area contributed by atoms with Gasteiger partial charge in [-0.3, -0.25) is 0 Å². The Bertz CT molecular complexity index is 590. The Kier molecular flexibility index (Phi) is 4.27. The smallest absolute Gasteiger partial charge is 0.223 e. The topological polar surface area (TPSA) is 37.8 Å². The predicted octanol–water partition coefficient (Wildman–Crippen LogP) is 3.90. The van der Waals surface area contributed by atoms with Crippen molar-refractivity contribution in [1.82, 2.24) is 9.97 Å². The van der Waals surface area contributed by atoms with E-state index < -0.39 is 11.6 Å². The Hall–Kier alpha value is -1.75. The summed E-state index contributed by atoms with van der Waals surface area (Å²) in [7, 11) is 0. The van der Waals surface area contributed by atoms with Gasteiger partial charge in [-0.1, -0.05) is 18.5 Å². The second-order valence-corrected chi connectivity index (χ2v) is 4.38. The molecule has 0 aliphatic rings. The summed E-state index contributed by atoms with van der Waals surface area (Å²) in [6.07, 6.45) is 1.90. The fourth-order valence-corrected chi connectivity index (χ4v) is 1.72. The summed E-state index contributed by atoms with van der Waals surface area (Å²) in [5.41, 5.74) is -0.0216. The number of benzene rings is 1. The Morgan fingerprint density at radius 2 is 2.05 bits per heavy atom. The fraction of sp³-hybridized carbons (Fsp3) is 0.231. The van der Waals surface area contributed by atoms with Crippen LogP contribution in [0.4, 0.5) is 14.7 Å². The van der Waals surface area contributed by atoms with E-state index in [4.69, 9.17) is 11.6 Å². The van der Waals surface area contributed by atoms with Crippen LogP contribution in [-0.2, 0) is 0 Å². The number of halogens is 3. The van der Waals surface area contributed by atoms with Gasteiger partial charge in [0.25, 0.3) is 0 Å². The molecule has 2 rings (SSSR count). The minimum atomic E-state index is -0.678. The lowest BCUT2D eigenvalue weighted by Gasteiger charge is -2.07. The largest absolute Gasteiger partial charge is 0.354 e. The van der Waals surface area contributed by atoms with Gasteiger partial charge in [-0.15, -0.1) is 0 Å². The van der Waals surface area contributed by atoms with Crippen LogP contribution >= 0.6 is 11.6 Å². The third-order valence-corrected chi connectivity index (χ3v) is 2.70. The molecule has 0 bridgehead atoms. The molecule has 0 amide bonds. The highest BCUT2D eigenvalue weighted by atomic mass is 35.5. The average molecular weight is 284 g/mol. The van der Waals surface area contributed by atoms with E-state index >= 15 is 0 Å². The van der Waals surface area contributed by atoms with Crippen molar-refractivity contribution >= 4 is 17.5 Å². The van der Waals surface area contributed by atoms with Crippen LogP contribution in [0.5, 0.6) is 0 Å². The first-order valence-electron chi connectivity index (χ1n) is 5.83. The zero-order valence-corrected chi connectivity index (χ0v) is 11.0. The molecule has 0 saturated carbocycles. The second kappa shape index (κ2) is 5.93. The summed E-state index contributed by atoms with van der Waals surface area (Å²) in [6.45, 7) is 2.64. The lowest BCUT2D eigenvalue weighted by atomic mass is 10.1. The maximum Gasteiger partial charge on any atom is 0.223 e. The summed E-state index contributed by atoms with van der Waals surface area (Å²) >= 11 is 5.67. The van der Waals surface area contributed by atoms with Crippen molar-refractivity contribution in [1.29, 1.82) is 0 Å². The molecule has 1 aromatic heterocycles. The van der Waals surface area contributed by atoms with Crippen LogP contribution in [0.3, 0.4) is 0 Å². The first-order valence-corrected chi connectivity index (χ1v) is 6.21. The van der Waals surface area contributed by atoms with E-state index in [1.54, 1.807) is 0 Å². The zero-order chi connectivity index (χ0) is 13.8. The third kappa shape index (κ3) is 3.17. The summed E-state index contributed by atoms with van der Waals surface area (Å²) in [5.74, 6) is -1.03. The molecule has 100 valence electrons. The summed E-state index contributed by atoms with van der Waals surface area (Å²) in [4.78, 5) is 7.79. The van der Waals surface area contributed by atoms with Gasteiger partial charge in [0.1, 0.15) is 11.5 Å². The van der Waals surface area contributed by atoms with E-state index in [1.165, 1.54) is 12.1 Å². The number of hydrogen-bond donors (Lipinski definition) is 1. The van der Waals surface area contributed by atoms with Crippen molar-refractivity contribution < 1.29 is 8.78 Å². The Balaban J connectivity index is 2.42. The van der Waals surface area contributed by atoms with Gasteiger partial charge in [-0.05, 0) is 24.6 Å². The molecule has 0 spiro atoms. The number of nitrogens with zero attached hydrogens (tertiary/aromatic N) is 2. The number of hydrogen-bond acceptors (Lipinski definition) is 3. The van der Waals surface area contributed by atoms with Crippen molar-refractivity contribution in [3.8, 4) is 11.3 Å². The molecule has 0 aliphatic carbocycles. The number of nitrogens with one attached hydrogen (secondary N) is 1. The van der Waals surface area contributed by atoms with Gasteiger partial charge < -0.3 is 5.32 Å². The standard InChI is InChI=1S/C13H12ClF2N3/c1-2-5-17-13-18-7-11(16)12(19-13)9-4-3-8(14)6-10(9)15/h3-4,6-7H,2,5H2,1H3,(H,17,18,19). The van der Waals surface area contributed by atoms with Crippen LogP contribution in [0.15, 0.2) is 24.4 Å². The van der Waals surface area contributed by atoms with Crippen LogP contribution in [0.2, 0.25) is 5.02 Å². The summed E-state index contributed by atoms with van der Waals surface area (Å²) in [6, 6.07) is 4.00. The minimum Gasteiger partial charge on any atom is -0.354 e. The van der Waals surface area contributed by atoms with Gasteiger partial charge >= 0.3 is 0 Å². The van der Waals surface area contributed by atoms with Crippen LogP contribution in [-0.4, -0.2) is 16.5 Å². The molecule has 0 unspecified atom stereocenters. The van der Waals surface area contributed by atoms with Crippen molar-refractivity contribution in [2.24, 2.45) is 0 Å². The Morgan fingerprint density at radius 3 is 2.74 bits per heavy atom. The van der Waals surface area contributed by atoms with Gasteiger partial charge in [-0.25, -0.2) is 18.7 Å². The van der Waals surface area contributed by atoms with E-state index in [9.17, 15) is 8.78 Å². The monoisotopic (exact) mass is 283 g/mol. The number of anilines is 1. The predicted molar refractivity (Wildman–Crippen MR) is 71.2 cm³/mol. The molecular formula is C13H12ClF2N3. The van der Waals surface area contributed by atoms with Crippen LogP contribution < -0.4 is 5.32 Å².